The molecule has 0 aromatic carbocycles. The van der Waals surface area contributed by atoms with E-state index in [4.69, 9.17) is 11.6 Å². The van der Waals surface area contributed by atoms with Crippen LogP contribution >= 0.6 is 11.6 Å². The first kappa shape index (κ1) is 14.4. The quantitative estimate of drug-likeness (QED) is 0.793. The van der Waals surface area contributed by atoms with Crippen molar-refractivity contribution in [2.45, 2.75) is 30.7 Å². The Morgan fingerprint density at radius 2 is 2.24 bits per heavy atom. The predicted molar refractivity (Wildman–Crippen MR) is 65.4 cm³/mol. The molecular formula is C10H15ClN2O3S. The van der Waals surface area contributed by atoms with Gasteiger partial charge in [-0.3, -0.25) is 0 Å². The molecule has 1 aromatic heterocycles. The Labute approximate surface area is 106 Å². The molecule has 2 N–H and O–H groups in total. The number of aromatic nitrogens is 1. The number of sulfonamides is 1. The predicted octanol–water partition coefficient (Wildman–Crippen LogP) is 1.17. The molecule has 1 unspecified atom stereocenters. The van der Waals surface area contributed by atoms with E-state index in [-0.39, 0.29) is 16.7 Å². The van der Waals surface area contributed by atoms with Crippen LogP contribution in [0.3, 0.4) is 0 Å². The van der Waals surface area contributed by atoms with Crippen molar-refractivity contribution in [3.8, 4) is 0 Å². The summed E-state index contributed by atoms with van der Waals surface area (Å²) in [6, 6.07) is 2.85. The maximum Gasteiger partial charge on any atom is 0.244 e. The molecule has 1 heterocycles. The van der Waals surface area contributed by atoms with E-state index in [0.29, 0.717) is 6.42 Å². The first-order valence-corrected chi connectivity index (χ1v) is 6.96. The van der Waals surface area contributed by atoms with E-state index >= 15 is 0 Å². The highest BCUT2D eigenvalue weighted by atomic mass is 35.5. The van der Waals surface area contributed by atoms with Gasteiger partial charge in [0.2, 0.25) is 10.0 Å². The van der Waals surface area contributed by atoms with Crippen molar-refractivity contribution < 1.29 is 13.5 Å². The molecule has 0 saturated carbocycles. The fourth-order valence-electron chi connectivity index (χ4n) is 1.17. The third-order valence-electron chi connectivity index (χ3n) is 2.52. The molecule has 1 atom stereocenters. The van der Waals surface area contributed by atoms with Crippen LogP contribution < -0.4 is 4.72 Å². The zero-order chi connectivity index (χ0) is 13.1. The maximum absolute atomic E-state index is 12.0. The average molecular weight is 279 g/mol. The summed E-state index contributed by atoms with van der Waals surface area (Å²) in [7, 11) is -3.78. The minimum Gasteiger partial charge on any atom is -0.394 e. The molecule has 1 rings (SSSR count). The first-order chi connectivity index (χ1) is 7.84. The van der Waals surface area contributed by atoms with Crippen LogP contribution in [-0.4, -0.2) is 30.7 Å². The molecule has 0 bridgehead atoms. The third-order valence-corrected chi connectivity index (χ3v) is 4.61. The van der Waals surface area contributed by atoms with Crippen molar-refractivity contribution in [3.63, 3.8) is 0 Å². The second-order valence-corrected chi connectivity index (χ2v) is 5.98. The SMILES string of the molecule is CCC(C)(CO)NS(=O)(=O)c1cccnc1Cl. The number of aliphatic hydroxyl groups is 1. The van der Waals surface area contributed by atoms with Gasteiger partial charge in [-0.05, 0) is 25.5 Å². The van der Waals surface area contributed by atoms with Crippen molar-refractivity contribution >= 4 is 21.6 Å². The molecule has 0 radical (unpaired) electrons. The maximum atomic E-state index is 12.0. The average Bonchev–Trinajstić information content (AvgIpc) is 2.28. The minimum atomic E-state index is -3.78. The van der Waals surface area contributed by atoms with Gasteiger partial charge in [-0.15, -0.1) is 0 Å². The summed E-state index contributed by atoms with van der Waals surface area (Å²) in [5.74, 6) is 0. The molecule has 0 saturated heterocycles. The molecule has 1 aromatic rings. The number of rotatable bonds is 5. The van der Waals surface area contributed by atoms with Crippen molar-refractivity contribution in [1.29, 1.82) is 0 Å². The van der Waals surface area contributed by atoms with Gasteiger partial charge >= 0.3 is 0 Å². The molecule has 17 heavy (non-hydrogen) atoms. The van der Waals surface area contributed by atoms with Crippen LogP contribution in [0, 0.1) is 0 Å². The van der Waals surface area contributed by atoms with E-state index in [2.05, 4.69) is 9.71 Å². The summed E-state index contributed by atoms with van der Waals surface area (Å²) in [4.78, 5) is 3.62. The van der Waals surface area contributed by atoms with E-state index in [1.807, 2.05) is 0 Å². The van der Waals surface area contributed by atoms with E-state index in [9.17, 15) is 13.5 Å². The molecule has 0 amide bonds. The number of nitrogens with one attached hydrogen (secondary N) is 1. The van der Waals surface area contributed by atoms with Crippen molar-refractivity contribution in [2.24, 2.45) is 0 Å². The Bertz CT molecular complexity index is 486. The zero-order valence-electron chi connectivity index (χ0n) is 9.64. The molecule has 0 fully saturated rings. The standard InChI is InChI=1S/C10H15ClN2O3S/c1-3-10(2,7-14)13-17(15,16)8-5-4-6-12-9(8)11/h4-6,13-14H,3,7H2,1-2H3. The van der Waals surface area contributed by atoms with Crippen LogP contribution in [0.15, 0.2) is 23.2 Å². The van der Waals surface area contributed by atoms with E-state index < -0.39 is 15.6 Å². The van der Waals surface area contributed by atoms with Gasteiger partial charge in [0.15, 0.2) is 0 Å². The highest BCUT2D eigenvalue weighted by Crippen LogP contribution is 2.20. The van der Waals surface area contributed by atoms with Crippen LogP contribution in [0.25, 0.3) is 0 Å². The van der Waals surface area contributed by atoms with E-state index in [0.717, 1.165) is 0 Å². The second-order valence-electron chi connectivity index (χ2n) is 3.97. The molecule has 0 aliphatic heterocycles. The molecule has 5 nitrogen and oxygen atoms in total. The normalized spacial score (nSPS) is 15.5. The van der Waals surface area contributed by atoms with E-state index in [1.54, 1.807) is 13.8 Å². The summed E-state index contributed by atoms with van der Waals surface area (Å²) in [6.07, 6.45) is 1.87. The lowest BCUT2D eigenvalue weighted by molar-refractivity contribution is 0.191. The van der Waals surface area contributed by atoms with Crippen molar-refractivity contribution in [3.05, 3.63) is 23.5 Å². The van der Waals surface area contributed by atoms with Gasteiger partial charge in [-0.1, -0.05) is 18.5 Å². The molecular weight excluding hydrogens is 264 g/mol. The molecule has 96 valence electrons. The van der Waals surface area contributed by atoms with Gasteiger partial charge in [-0.25, -0.2) is 18.1 Å². The lowest BCUT2D eigenvalue weighted by Gasteiger charge is -2.26. The fraction of sp³-hybridized carbons (Fsp3) is 0.500. The second kappa shape index (κ2) is 5.30. The number of pyridine rings is 1. The Hall–Kier alpha value is -0.690. The van der Waals surface area contributed by atoms with Gasteiger partial charge in [0.1, 0.15) is 10.0 Å². The summed E-state index contributed by atoms with van der Waals surface area (Å²) >= 11 is 5.73. The highest BCUT2D eigenvalue weighted by molar-refractivity contribution is 7.89. The summed E-state index contributed by atoms with van der Waals surface area (Å²) in [5.41, 5.74) is -0.905. The van der Waals surface area contributed by atoms with Crippen LogP contribution in [0.1, 0.15) is 20.3 Å². The number of aliphatic hydroxyl groups excluding tert-OH is 1. The molecule has 0 spiro atoms. The van der Waals surface area contributed by atoms with Gasteiger partial charge < -0.3 is 5.11 Å². The van der Waals surface area contributed by atoms with Gasteiger partial charge in [0, 0.05) is 6.20 Å². The van der Waals surface area contributed by atoms with Gasteiger partial charge in [0.25, 0.3) is 0 Å². The largest absolute Gasteiger partial charge is 0.394 e. The number of halogens is 1. The summed E-state index contributed by atoms with van der Waals surface area (Å²) in [6.45, 7) is 3.11. The van der Waals surface area contributed by atoms with Crippen LogP contribution in [-0.2, 0) is 10.0 Å². The fourth-order valence-corrected chi connectivity index (χ4v) is 3.09. The van der Waals surface area contributed by atoms with Crippen LogP contribution in [0.4, 0.5) is 0 Å². The lowest BCUT2D eigenvalue weighted by atomic mass is 10.0. The van der Waals surface area contributed by atoms with E-state index in [1.165, 1.54) is 18.3 Å². The smallest absolute Gasteiger partial charge is 0.244 e. The molecule has 0 aliphatic rings. The Kier molecular flexibility index (Phi) is 4.48. The molecule has 7 heteroatoms. The van der Waals surface area contributed by atoms with Crippen LogP contribution in [0.5, 0.6) is 0 Å². The topological polar surface area (TPSA) is 79.3 Å². The van der Waals surface area contributed by atoms with Crippen molar-refractivity contribution in [2.75, 3.05) is 6.61 Å². The van der Waals surface area contributed by atoms with Gasteiger partial charge in [0.05, 0.1) is 12.1 Å². The van der Waals surface area contributed by atoms with Gasteiger partial charge in [-0.2, -0.15) is 0 Å². The molecule has 0 aliphatic carbocycles. The first-order valence-electron chi connectivity index (χ1n) is 5.10. The summed E-state index contributed by atoms with van der Waals surface area (Å²) in [5, 5.41) is 9.10. The highest BCUT2D eigenvalue weighted by Gasteiger charge is 2.29. The number of hydrogen-bond acceptors (Lipinski definition) is 4. The third kappa shape index (κ3) is 3.38. The Morgan fingerprint density at radius 3 is 2.71 bits per heavy atom. The number of hydrogen-bond donors (Lipinski definition) is 2. The number of nitrogens with zero attached hydrogens (tertiary/aromatic N) is 1. The monoisotopic (exact) mass is 278 g/mol. The zero-order valence-corrected chi connectivity index (χ0v) is 11.2. The summed E-state index contributed by atoms with van der Waals surface area (Å²) < 4.78 is 26.5. The van der Waals surface area contributed by atoms with Crippen LogP contribution in [0.2, 0.25) is 5.15 Å². The Morgan fingerprint density at radius 1 is 1.59 bits per heavy atom. The van der Waals surface area contributed by atoms with Crippen molar-refractivity contribution in [1.82, 2.24) is 9.71 Å². The minimum absolute atomic E-state index is 0.0867. The lowest BCUT2D eigenvalue weighted by Crippen LogP contribution is -2.48. The Balaban J connectivity index is 3.10.